The van der Waals surface area contributed by atoms with Gasteiger partial charge in [0.05, 0.1) is 17.3 Å². The zero-order valence-electron chi connectivity index (χ0n) is 17.7. The van der Waals surface area contributed by atoms with Crippen LogP contribution in [0.1, 0.15) is 42.5 Å². The number of nitrogens with zero attached hydrogens (tertiary/aromatic N) is 4. The Morgan fingerprint density at radius 2 is 2.00 bits per heavy atom. The summed E-state index contributed by atoms with van der Waals surface area (Å²) in [7, 11) is 0. The molecule has 8 nitrogen and oxygen atoms in total. The molecule has 3 N–H and O–H groups in total. The molecule has 0 unspecified atom stereocenters. The third-order valence-electron chi connectivity index (χ3n) is 5.88. The maximum atomic E-state index is 12.6. The molecule has 0 bridgehead atoms. The molecule has 4 rings (SSSR count). The topological polar surface area (TPSA) is 106 Å². The number of hydrogen-bond acceptors (Lipinski definition) is 7. The smallest absolute Gasteiger partial charge is 0.255 e. The Balaban J connectivity index is 1.61. The number of hydrogen-bond donors (Lipinski definition) is 3. The summed E-state index contributed by atoms with van der Waals surface area (Å²) in [4.78, 5) is 24.1. The summed E-state index contributed by atoms with van der Waals surface area (Å²) >= 11 is 0. The maximum absolute atomic E-state index is 12.6. The molecule has 3 heterocycles. The van der Waals surface area contributed by atoms with Crippen molar-refractivity contribution in [2.45, 2.75) is 38.1 Å². The standard InChI is InChI=1S/C23H29N7O/c24-9-11-27-23(31)19-6-7-20(29-22(19)30-14-12-25-13-15-30)17-8-10-26-21(16-17)28-18-4-2-1-3-5-18/h6-8,10,16,18,25H,1-5,11-15H2,(H,26,28)(H,27,31). The quantitative estimate of drug-likeness (QED) is 0.618. The van der Waals surface area contributed by atoms with E-state index in [1.807, 2.05) is 24.3 Å². The van der Waals surface area contributed by atoms with Gasteiger partial charge in [0.25, 0.3) is 5.91 Å². The molecule has 2 aromatic rings. The Morgan fingerprint density at radius 1 is 1.19 bits per heavy atom. The van der Waals surface area contributed by atoms with Gasteiger partial charge in [-0.2, -0.15) is 5.26 Å². The van der Waals surface area contributed by atoms with Gasteiger partial charge < -0.3 is 20.9 Å². The molecule has 8 heteroatoms. The van der Waals surface area contributed by atoms with Gasteiger partial charge in [-0.15, -0.1) is 0 Å². The fraction of sp³-hybridized carbons (Fsp3) is 0.478. The fourth-order valence-corrected chi connectivity index (χ4v) is 4.24. The van der Waals surface area contributed by atoms with Crippen molar-refractivity contribution in [2.24, 2.45) is 0 Å². The second-order valence-corrected chi connectivity index (χ2v) is 8.05. The summed E-state index contributed by atoms with van der Waals surface area (Å²) in [5.74, 6) is 1.25. The molecule has 1 aliphatic carbocycles. The number of nitrogens with one attached hydrogen (secondary N) is 3. The average Bonchev–Trinajstić information content (AvgIpc) is 2.83. The lowest BCUT2D eigenvalue weighted by molar-refractivity contribution is 0.0958. The Morgan fingerprint density at radius 3 is 2.77 bits per heavy atom. The number of amides is 1. The predicted molar refractivity (Wildman–Crippen MR) is 121 cm³/mol. The van der Waals surface area contributed by atoms with Crippen molar-refractivity contribution in [2.75, 3.05) is 42.9 Å². The third-order valence-corrected chi connectivity index (χ3v) is 5.88. The highest BCUT2D eigenvalue weighted by atomic mass is 16.1. The first-order valence-corrected chi connectivity index (χ1v) is 11.1. The van der Waals surface area contributed by atoms with Gasteiger partial charge >= 0.3 is 0 Å². The van der Waals surface area contributed by atoms with Gasteiger partial charge in [-0.3, -0.25) is 4.79 Å². The molecule has 2 aromatic heterocycles. The van der Waals surface area contributed by atoms with Crippen molar-refractivity contribution < 1.29 is 4.79 Å². The SMILES string of the molecule is N#CCNC(=O)c1ccc(-c2ccnc(NC3CCCCC3)c2)nc1N1CCNCC1. The monoisotopic (exact) mass is 419 g/mol. The molecule has 1 saturated heterocycles. The van der Waals surface area contributed by atoms with Gasteiger partial charge in [-0.05, 0) is 37.1 Å². The summed E-state index contributed by atoms with van der Waals surface area (Å²) < 4.78 is 0. The first-order valence-electron chi connectivity index (χ1n) is 11.1. The zero-order valence-corrected chi connectivity index (χ0v) is 17.7. The van der Waals surface area contributed by atoms with Gasteiger partial charge in [0.1, 0.15) is 18.2 Å². The van der Waals surface area contributed by atoms with Crippen LogP contribution in [0.3, 0.4) is 0 Å². The molecule has 0 spiro atoms. The Bertz CT molecular complexity index is 943. The van der Waals surface area contributed by atoms with Gasteiger partial charge in [0.15, 0.2) is 0 Å². The normalized spacial score (nSPS) is 17.1. The molecule has 0 atom stereocenters. The average molecular weight is 420 g/mol. The predicted octanol–water partition coefficient (Wildman–Crippen LogP) is 2.55. The number of pyridine rings is 2. The summed E-state index contributed by atoms with van der Waals surface area (Å²) in [6, 6.07) is 10.1. The Hall–Kier alpha value is -3.18. The molecular formula is C23H29N7O. The van der Waals surface area contributed by atoms with Gasteiger partial charge in [0, 0.05) is 44.0 Å². The van der Waals surface area contributed by atoms with Gasteiger partial charge in [-0.25, -0.2) is 9.97 Å². The van der Waals surface area contributed by atoms with Crippen molar-refractivity contribution in [3.05, 3.63) is 36.0 Å². The molecule has 162 valence electrons. The van der Waals surface area contributed by atoms with Crippen molar-refractivity contribution >= 4 is 17.5 Å². The van der Waals surface area contributed by atoms with Crippen LogP contribution in [0.2, 0.25) is 0 Å². The third kappa shape index (κ3) is 5.30. The van der Waals surface area contributed by atoms with E-state index in [0.717, 1.165) is 43.3 Å². The van der Waals surface area contributed by atoms with Crippen molar-refractivity contribution in [3.63, 3.8) is 0 Å². The maximum Gasteiger partial charge on any atom is 0.255 e. The largest absolute Gasteiger partial charge is 0.367 e. The van der Waals surface area contributed by atoms with E-state index in [2.05, 4.69) is 25.8 Å². The second kappa shape index (κ2) is 10.2. The van der Waals surface area contributed by atoms with Crippen LogP contribution < -0.4 is 20.9 Å². The minimum Gasteiger partial charge on any atom is -0.367 e. The van der Waals surface area contributed by atoms with Crippen LogP contribution in [-0.2, 0) is 0 Å². The molecule has 31 heavy (non-hydrogen) atoms. The highest BCUT2D eigenvalue weighted by Crippen LogP contribution is 2.27. The Kier molecular flexibility index (Phi) is 6.95. The van der Waals surface area contributed by atoms with Crippen LogP contribution in [0, 0.1) is 11.3 Å². The lowest BCUT2D eigenvalue weighted by atomic mass is 9.95. The van der Waals surface area contributed by atoms with Crippen molar-refractivity contribution in [1.29, 1.82) is 5.26 Å². The van der Waals surface area contributed by atoms with Crippen LogP contribution in [0.15, 0.2) is 30.5 Å². The number of carbonyl (C=O) groups excluding carboxylic acids is 1. The Labute approximate surface area is 183 Å². The van der Waals surface area contributed by atoms with Crippen LogP contribution in [-0.4, -0.2) is 54.6 Å². The first-order chi connectivity index (χ1) is 15.2. The highest BCUT2D eigenvalue weighted by Gasteiger charge is 2.21. The van der Waals surface area contributed by atoms with E-state index in [1.165, 1.54) is 32.1 Å². The van der Waals surface area contributed by atoms with Crippen LogP contribution >= 0.6 is 0 Å². The van der Waals surface area contributed by atoms with E-state index in [1.54, 1.807) is 12.3 Å². The summed E-state index contributed by atoms with van der Waals surface area (Å²) in [5, 5.41) is 18.3. The lowest BCUT2D eigenvalue weighted by Crippen LogP contribution is -2.44. The van der Waals surface area contributed by atoms with E-state index < -0.39 is 0 Å². The molecule has 0 aromatic carbocycles. The summed E-state index contributed by atoms with van der Waals surface area (Å²) in [6.07, 6.45) is 8.02. The van der Waals surface area contributed by atoms with Crippen LogP contribution in [0.25, 0.3) is 11.3 Å². The minimum absolute atomic E-state index is 0.0257. The van der Waals surface area contributed by atoms with Gasteiger partial charge in [0.2, 0.25) is 0 Å². The molecule has 1 aliphatic heterocycles. The number of carbonyl (C=O) groups is 1. The number of nitriles is 1. The molecule has 0 radical (unpaired) electrons. The molecular weight excluding hydrogens is 390 g/mol. The lowest BCUT2D eigenvalue weighted by Gasteiger charge is -2.30. The minimum atomic E-state index is -0.275. The second-order valence-electron chi connectivity index (χ2n) is 8.05. The van der Waals surface area contributed by atoms with Crippen molar-refractivity contribution in [1.82, 2.24) is 20.6 Å². The van der Waals surface area contributed by atoms with Crippen LogP contribution in [0.4, 0.5) is 11.6 Å². The molecule has 1 amide bonds. The summed E-state index contributed by atoms with van der Waals surface area (Å²) in [5.41, 5.74) is 2.27. The van der Waals surface area contributed by atoms with Gasteiger partial charge in [-0.1, -0.05) is 19.3 Å². The van der Waals surface area contributed by atoms with E-state index in [0.29, 0.717) is 17.4 Å². The first kappa shape index (κ1) is 21.1. The summed E-state index contributed by atoms with van der Waals surface area (Å²) in [6.45, 7) is 3.22. The van der Waals surface area contributed by atoms with E-state index in [9.17, 15) is 4.79 Å². The van der Waals surface area contributed by atoms with E-state index in [4.69, 9.17) is 10.2 Å². The number of piperazine rings is 1. The highest BCUT2D eigenvalue weighted by molar-refractivity contribution is 5.99. The fourth-order valence-electron chi connectivity index (χ4n) is 4.24. The molecule has 1 saturated carbocycles. The van der Waals surface area contributed by atoms with Crippen LogP contribution in [0.5, 0.6) is 0 Å². The van der Waals surface area contributed by atoms with Crippen molar-refractivity contribution in [3.8, 4) is 17.3 Å². The van der Waals surface area contributed by atoms with E-state index >= 15 is 0 Å². The van der Waals surface area contributed by atoms with E-state index in [-0.39, 0.29) is 12.5 Å². The number of anilines is 2. The number of aromatic nitrogens is 2. The number of rotatable bonds is 6. The molecule has 2 fully saturated rings. The zero-order chi connectivity index (χ0) is 21.5. The molecule has 2 aliphatic rings.